The van der Waals surface area contributed by atoms with Crippen molar-refractivity contribution in [2.24, 2.45) is 11.3 Å². The molecule has 2 amide bonds. The summed E-state index contributed by atoms with van der Waals surface area (Å²) in [6.45, 7) is 11.9. The molecule has 0 unspecified atom stereocenters. The SMILES string of the molecule is CC(C)CCNC(=O)C(C)(C)C(=O)NC(C)C. The first-order valence-electron chi connectivity index (χ1n) is 6.27. The second-order valence-corrected chi connectivity index (χ2v) is 5.69. The maximum atomic E-state index is 11.9. The number of amides is 2. The Kier molecular flexibility index (Phi) is 6.21. The van der Waals surface area contributed by atoms with E-state index >= 15 is 0 Å². The van der Waals surface area contributed by atoms with E-state index in [1.165, 1.54) is 0 Å². The van der Waals surface area contributed by atoms with Crippen molar-refractivity contribution in [3.8, 4) is 0 Å². The predicted molar refractivity (Wildman–Crippen MR) is 69.5 cm³/mol. The number of carbonyl (C=O) groups excluding carboxylic acids is 2. The van der Waals surface area contributed by atoms with Crippen LogP contribution in [0.4, 0.5) is 0 Å². The Bertz CT molecular complexity index is 271. The second-order valence-electron chi connectivity index (χ2n) is 5.69. The molecule has 0 saturated heterocycles. The van der Waals surface area contributed by atoms with Gasteiger partial charge in [-0.05, 0) is 40.0 Å². The van der Waals surface area contributed by atoms with Crippen molar-refractivity contribution >= 4 is 11.8 Å². The van der Waals surface area contributed by atoms with Crippen LogP contribution >= 0.6 is 0 Å². The maximum absolute atomic E-state index is 11.9. The average molecular weight is 242 g/mol. The van der Waals surface area contributed by atoms with Crippen LogP contribution in [0.3, 0.4) is 0 Å². The van der Waals surface area contributed by atoms with E-state index in [1.54, 1.807) is 13.8 Å². The molecule has 0 aromatic heterocycles. The van der Waals surface area contributed by atoms with Crippen LogP contribution in [-0.4, -0.2) is 24.4 Å². The molecule has 0 aliphatic carbocycles. The van der Waals surface area contributed by atoms with Crippen LogP contribution in [0.15, 0.2) is 0 Å². The molecule has 0 aromatic carbocycles. The highest BCUT2D eigenvalue weighted by molar-refractivity contribution is 6.04. The first-order valence-corrected chi connectivity index (χ1v) is 6.27. The molecule has 2 N–H and O–H groups in total. The summed E-state index contributed by atoms with van der Waals surface area (Å²) in [4.78, 5) is 23.7. The number of carbonyl (C=O) groups is 2. The first kappa shape index (κ1) is 15.9. The highest BCUT2D eigenvalue weighted by Gasteiger charge is 2.35. The quantitative estimate of drug-likeness (QED) is 0.696. The fourth-order valence-electron chi connectivity index (χ4n) is 1.24. The Balaban J connectivity index is 4.29. The maximum Gasteiger partial charge on any atom is 0.235 e. The third-order valence-electron chi connectivity index (χ3n) is 2.56. The first-order chi connectivity index (χ1) is 7.67. The molecule has 0 saturated carbocycles. The number of hydrogen-bond donors (Lipinski definition) is 2. The van der Waals surface area contributed by atoms with Crippen molar-refractivity contribution in [2.75, 3.05) is 6.54 Å². The fourth-order valence-corrected chi connectivity index (χ4v) is 1.24. The van der Waals surface area contributed by atoms with Crippen LogP contribution in [0.1, 0.15) is 48.0 Å². The molecule has 0 aliphatic heterocycles. The standard InChI is InChI=1S/C13H26N2O2/c1-9(2)7-8-14-11(16)13(5,6)12(17)15-10(3)4/h9-10H,7-8H2,1-6H3,(H,14,16)(H,15,17). The molecule has 4 heteroatoms. The lowest BCUT2D eigenvalue weighted by molar-refractivity contribution is -0.141. The Morgan fingerprint density at radius 3 is 2.00 bits per heavy atom. The van der Waals surface area contributed by atoms with Gasteiger partial charge in [0.15, 0.2) is 0 Å². The third kappa shape index (κ3) is 5.71. The van der Waals surface area contributed by atoms with Crippen molar-refractivity contribution in [3.05, 3.63) is 0 Å². The monoisotopic (exact) mass is 242 g/mol. The van der Waals surface area contributed by atoms with Crippen LogP contribution in [0.25, 0.3) is 0 Å². The second kappa shape index (κ2) is 6.62. The van der Waals surface area contributed by atoms with E-state index in [2.05, 4.69) is 24.5 Å². The van der Waals surface area contributed by atoms with E-state index in [0.29, 0.717) is 12.5 Å². The minimum Gasteiger partial charge on any atom is -0.355 e. The van der Waals surface area contributed by atoms with Crippen molar-refractivity contribution in [2.45, 2.75) is 54.0 Å². The molecule has 0 fully saturated rings. The minimum absolute atomic E-state index is 0.0465. The van der Waals surface area contributed by atoms with Crippen molar-refractivity contribution in [1.29, 1.82) is 0 Å². The molecule has 100 valence electrons. The van der Waals surface area contributed by atoms with Gasteiger partial charge in [-0.25, -0.2) is 0 Å². The summed E-state index contributed by atoms with van der Waals surface area (Å²) in [5, 5.41) is 5.57. The molecule has 0 bridgehead atoms. The summed E-state index contributed by atoms with van der Waals surface area (Å²) in [6, 6.07) is 0.0465. The van der Waals surface area contributed by atoms with Gasteiger partial charge in [-0.2, -0.15) is 0 Å². The smallest absolute Gasteiger partial charge is 0.235 e. The predicted octanol–water partition coefficient (Wildman–Crippen LogP) is 1.70. The molecule has 0 heterocycles. The van der Waals surface area contributed by atoms with E-state index in [0.717, 1.165) is 6.42 Å². The van der Waals surface area contributed by atoms with Gasteiger partial charge in [0.2, 0.25) is 11.8 Å². The van der Waals surface area contributed by atoms with E-state index in [9.17, 15) is 9.59 Å². The highest BCUT2D eigenvalue weighted by atomic mass is 16.2. The number of hydrogen-bond acceptors (Lipinski definition) is 2. The van der Waals surface area contributed by atoms with Crippen LogP contribution < -0.4 is 10.6 Å². The van der Waals surface area contributed by atoms with Crippen molar-refractivity contribution < 1.29 is 9.59 Å². The van der Waals surface area contributed by atoms with Gasteiger partial charge < -0.3 is 10.6 Å². The highest BCUT2D eigenvalue weighted by Crippen LogP contribution is 2.15. The van der Waals surface area contributed by atoms with Gasteiger partial charge in [0.25, 0.3) is 0 Å². The average Bonchev–Trinajstić information content (AvgIpc) is 2.15. The van der Waals surface area contributed by atoms with E-state index in [1.807, 2.05) is 13.8 Å². The molecular weight excluding hydrogens is 216 g/mol. The van der Waals surface area contributed by atoms with Crippen LogP contribution in [0.5, 0.6) is 0 Å². The number of nitrogens with one attached hydrogen (secondary N) is 2. The third-order valence-corrected chi connectivity index (χ3v) is 2.56. The van der Waals surface area contributed by atoms with Crippen LogP contribution in [0.2, 0.25) is 0 Å². The molecular formula is C13H26N2O2. The molecule has 17 heavy (non-hydrogen) atoms. The van der Waals surface area contributed by atoms with Crippen LogP contribution in [0, 0.1) is 11.3 Å². The lowest BCUT2D eigenvalue weighted by atomic mass is 9.90. The Hall–Kier alpha value is -1.06. The zero-order valence-electron chi connectivity index (χ0n) is 11.9. The fraction of sp³-hybridized carbons (Fsp3) is 0.846. The lowest BCUT2D eigenvalue weighted by Gasteiger charge is -2.24. The number of rotatable bonds is 6. The van der Waals surface area contributed by atoms with Crippen molar-refractivity contribution in [1.82, 2.24) is 10.6 Å². The van der Waals surface area contributed by atoms with Gasteiger partial charge in [0.05, 0.1) is 0 Å². The molecule has 0 rings (SSSR count). The summed E-state index contributed by atoms with van der Waals surface area (Å²) in [5.74, 6) is 0.105. The normalized spacial score (nSPS) is 11.8. The van der Waals surface area contributed by atoms with Gasteiger partial charge >= 0.3 is 0 Å². The summed E-state index contributed by atoms with van der Waals surface area (Å²) in [7, 11) is 0. The molecule has 0 aliphatic rings. The summed E-state index contributed by atoms with van der Waals surface area (Å²) >= 11 is 0. The van der Waals surface area contributed by atoms with Gasteiger partial charge in [-0.15, -0.1) is 0 Å². The van der Waals surface area contributed by atoms with Crippen molar-refractivity contribution in [3.63, 3.8) is 0 Å². The van der Waals surface area contributed by atoms with Gasteiger partial charge in [-0.1, -0.05) is 13.8 Å². The Morgan fingerprint density at radius 2 is 1.59 bits per heavy atom. The Labute approximate surface area is 105 Å². The minimum atomic E-state index is -1.01. The summed E-state index contributed by atoms with van der Waals surface area (Å²) in [6.07, 6.45) is 0.924. The molecule has 0 atom stereocenters. The van der Waals surface area contributed by atoms with Gasteiger partial charge in [0.1, 0.15) is 5.41 Å². The van der Waals surface area contributed by atoms with Gasteiger partial charge in [0, 0.05) is 12.6 Å². The van der Waals surface area contributed by atoms with Crippen LogP contribution in [-0.2, 0) is 9.59 Å². The largest absolute Gasteiger partial charge is 0.355 e. The lowest BCUT2D eigenvalue weighted by Crippen LogP contribution is -2.49. The van der Waals surface area contributed by atoms with Gasteiger partial charge in [-0.3, -0.25) is 9.59 Å². The zero-order chi connectivity index (χ0) is 13.6. The Morgan fingerprint density at radius 1 is 1.06 bits per heavy atom. The summed E-state index contributed by atoms with van der Waals surface area (Å²) in [5.41, 5.74) is -1.01. The van der Waals surface area contributed by atoms with E-state index < -0.39 is 5.41 Å². The molecule has 0 spiro atoms. The molecule has 0 radical (unpaired) electrons. The molecule has 4 nitrogen and oxygen atoms in total. The van der Waals surface area contributed by atoms with E-state index in [4.69, 9.17) is 0 Å². The summed E-state index contributed by atoms with van der Waals surface area (Å²) < 4.78 is 0. The topological polar surface area (TPSA) is 58.2 Å². The zero-order valence-corrected chi connectivity index (χ0v) is 11.9. The molecule has 0 aromatic rings. The van der Waals surface area contributed by atoms with E-state index in [-0.39, 0.29) is 17.9 Å².